The molecular formula is C22H20N2O2S. The molecule has 136 valence electrons. The number of carbonyl (C=O) groups is 2. The summed E-state index contributed by atoms with van der Waals surface area (Å²) in [4.78, 5) is 23.5. The molecule has 0 fully saturated rings. The molecule has 0 saturated carbocycles. The Bertz CT molecular complexity index is 857. The summed E-state index contributed by atoms with van der Waals surface area (Å²) in [5, 5.41) is 2.93. The molecule has 0 unspecified atom stereocenters. The van der Waals surface area contributed by atoms with Gasteiger partial charge in [-0.05, 0) is 35.4 Å². The lowest BCUT2D eigenvalue weighted by molar-refractivity contribution is -0.113. The maximum atomic E-state index is 12.4. The van der Waals surface area contributed by atoms with Gasteiger partial charge >= 0.3 is 0 Å². The van der Waals surface area contributed by atoms with Crippen molar-refractivity contribution >= 4 is 29.3 Å². The number of nitrogens with one attached hydrogen (secondary N) is 1. The lowest BCUT2D eigenvalue weighted by Crippen LogP contribution is -2.16. The molecule has 0 spiro atoms. The largest absolute Gasteiger partial charge is 0.366 e. The Balaban J connectivity index is 1.66. The molecule has 0 aliphatic carbocycles. The molecule has 2 amide bonds. The smallest absolute Gasteiger partial charge is 0.248 e. The Hall–Kier alpha value is -3.05. The normalized spacial score (nSPS) is 10.6. The van der Waals surface area contributed by atoms with E-state index in [2.05, 4.69) is 29.6 Å². The van der Waals surface area contributed by atoms with Crippen LogP contribution in [0.1, 0.15) is 26.7 Å². The van der Waals surface area contributed by atoms with E-state index in [1.165, 1.54) is 0 Å². The third kappa shape index (κ3) is 5.21. The number of rotatable bonds is 7. The van der Waals surface area contributed by atoms with Crippen LogP contribution in [0.5, 0.6) is 0 Å². The number of benzene rings is 3. The predicted octanol–water partition coefficient (Wildman–Crippen LogP) is 4.25. The number of carbonyl (C=O) groups excluding carboxylic acids is 2. The van der Waals surface area contributed by atoms with Crippen molar-refractivity contribution in [3.05, 3.63) is 102 Å². The van der Waals surface area contributed by atoms with Gasteiger partial charge in [-0.15, -0.1) is 11.8 Å². The Morgan fingerprint density at radius 2 is 1.33 bits per heavy atom. The zero-order chi connectivity index (χ0) is 19.1. The van der Waals surface area contributed by atoms with E-state index in [-0.39, 0.29) is 11.2 Å². The van der Waals surface area contributed by atoms with E-state index in [1.54, 1.807) is 36.0 Å². The van der Waals surface area contributed by atoms with E-state index in [9.17, 15) is 9.59 Å². The minimum Gasteiger partial charge on any atom is -0.366 e. The van der Waals surface area contributed by atoms with Crippen LogP contribution in [0.15, 0.2) is 84.9 Å². The monoisotopic (exact) mass is 376 g/mol. The van der Waals surface area contributed by atoms with Gasteiger partial charge in [0.05, 0.1) is 11.0 Å². The molecule has 27 heavy (non-hydrogen) atoms. The fourth-order valence-electron chi connectivity index (χ4n) is 2.71. The molecule has 0 atom stereocenters. The zero-order valence-corrected chi connectivity index (χ0v) is 15.5. The molecule has 4 nitrogen and oxygen atoms in total. The topological polar surface area (TPSA) is 72.2 Å². The van der Waals surface area contributed by atoms with Gasteiger partial charge in [0.2, 0.25) is 11.8 Å². The number of hydrogen-bond donors (Lipinski definition) is 2. The minimum atomic E-state index is -0.489. The minimum absolute atomic E-state index is 0.0791. The van der Waals surface area contributed by atoms with E-state index in [4.69, 9.17) is 5.73 Å². The number of thioether (sulfide) groups is 1. The maximum Gasteiger partial charge on any atom is 0.248 e. The summed E-state index contributed by atoms with van der Waals surface area (Å²) in [5.41, 5.74) is 8.60. The van der Waals surface area contributed by atoms with Gasteiger partial charge in [0.15, 0.2) is 0 Å². The lowest BCUT2D eigenvalue weighted by Gasteiger charge is -2.17. The molecule has 3 aromatic rings. The van der Waals surface area contributed by atoms with Crippen molar-refractivity contribution in [2.45, 2.75) is 5.25 Å². The average Bonchev–Trinajstić information content (AvgIpc) is 2.70. The maximum absolute atomic E-state index is 12.4. The van der Waals surface area contributed by atoms with E-state index in [1.807, 2.05) is 36.4 Å². The Morgan fingerprint density at radius 1 is 0.815 bits per heavy atom. The Kier molecular flexibility index (Phi) is 6.28. The molecule has 3 aromatic carbocycles. The number of anilines is 1. The average molecular weight is 376 g/mol. The van der Waals surface area contributed by atoms with E-state index < -0.39 is 5.91 Å². The number of hydrogen-bond acceptors (Lipinski definition) is 3. The molecule has 0 saturated heterocycles. The molecule has 5 heteroatoms. The molecule has 0 bridgehead atoms. The van der Waals surface area contributed by atoms with Crippen molar-refractivity contribution in [2.24, 2.45) is 5.73 Å². The first-order valence-corrected chi connectivity index (χ1v) is 9.59. The molecular weight excluding hydrogens is 356 g/mol. The van der Waals surface area contributed by atoms with Gasteiger partial charge in [0.1, 0.15) is 0 Å². The number of nitrogens with two attached hydrogens (primary N) is 1. The van der Waals surface area contributed by atoms with Crippen LogP contribution in [0.25, 0.3) is 0 Å². The van der Waals surface area contributed by atoms with Crippen molar-refractivity contribution in [3.63, 3.8) is 0 Å². The first-order chi connectivity index (χ1) is 13.1. The summed E-state index contributed by atoms with van der Waals surface area (Å²) in [6.45, 7) is 0. The van der Waals surface area contributed by atoms with E-state index in [0.717, 1.165) is 11.1 Å². The van der Waals surface area contributed by atoms with Crippen LogP contribution < -0.4 is 11.1 Å². The summed E-state index contributed by atoms with van der Waals surface area (Å²) in [5.74, 6) is -0.271. The van der Waals surface area contributed by atoms with Crippen LogP contribution in [0, 0.1) is 0 Å². The van der Waals surface area contributed by atoms with Crippen molar-refractivity contribution < 1.29 is 9.59 Å². The summed E-state index contributed by atoms with van der Waals surface area (Å²) in [7, 11) is 0. The Labute approximate surface area is 162 Å². The predicted molar refractivity (Wildman–Crippen MR) is 111 cm³/mol. The van der Waals surface area contributed by atoms with Crippen LogP contribution in [-0.4, -0.2) is 17.6 Å². The van der Waals surface area contributed by atoms with Gasteiger partial charge in [-0.1, -0.05) is 60.7 Å². The van der Waals surface area contributed by atoms with Crippen molar-refractivity contribution in [2.75, 3.05) is 11.1 Å². The highest BCUT2D eigenvalue weighted by molar-refractivity contribution is 8.00. The van der Waals surface area contributed by atoms with Crippen LogP contribution in [0.3, 0.4) is 0 Å². The van der Waals surface area contributed by atoms with Gasteiger partial charge in [0.25, 0.3) is 0 Å². The first kappa shape index (κ1) is 18.7. The molecule has 0 heterocycles. The third-order valence-corrected chi connectivity index (χ3v) is 5.35. The fourth-order valence-corrected chi connectivity index (χ4v) is 3.80. The second-order valence-electron chi connectivity index (χ2n) is 6.00. The SMILES string of the molecule is NC(=O)c1ccc(NC(=O)CSC(c2ccccc2)c2ccccc2)cc1. The zero-order valence-electron chi connectivity index (χ0n) is 14.7. The molecule has 0 aromatic heterocycles. The van der Waals surface area contributed by atoms with E-state index in [0.29, 0.717) is 17.0 Å². The van der Waals surface area contributed by atoms with Gasteiger partial charge in [-0.2, -0.15) is 0 Å². The van der Waals surface area contributed by atoms with Crippen LogP contribution in [0.2, 0.25) is 0 Å². The van der Waals surface area contributed by atoms with Crippen molar-refractivity contribution in [1.29, 1.82) is 0 Å². The molecule has 0 aliphatic rings. The van der Waals surface area contributed by atoms with Crippen LogP contribution in [0.4, 0.5) is 5.69 Å². The van der Waals surface area contributed by atoms with Gasteiger partial charge in [-0.3, -0.25) is 9.59 Å². The summed E-state index contributed by atoms with van der Waals surface area (Å²) in [6, 6.07) is 26.8. The molecule has 3 N–H and O–H groups in total. The van der Waals surface area contributed by atoms with Crippen molar-refractivity contribution in [3.8, 4) is 0 Å². The highest BCUT2D eigenvalue weighted by Crippen LogP contribution is 2.35. The summed E-state index contributed by atoms with van der Waals surface area (Å²) >= 11 is 1.58. The standard InChI is InChI=1S/C22H20N2O2S/c23-22(26)18-11-13-19(14-12-18)24-20(25)15-27-21(16-7-3-1-4-8-16)17-9-5-2-6-10-17/h1-14,21H,15H2,(H2,23,26)(H,24,25). The molecule has 0 radical (unpaired) electrons. The summed E-state index contributed by atoms with van der Waals surface area (Å²) < 4.78 is 0. The van der Waals surface area contributed by atoms with Gasteiger partial charge in [0, 0.05) is 11.3 Å². The Morgan fingerprint density at radius 3 is 1.81 bits per heavy atom. The van der Waals surface area contributed by atoms with E-state index >= 15 is 0 Å². The second kappa shape index (κ2) is 9.05. The van der Waals surface area contributed by atoms with Gasteiger partial charge < -0.3 is 11.1 Å². The third-order valence-electron chi connectivity index (χ3n) is 4.04. The molecule has 0 aliphatic heterocycles. The van der Waals surface area contributed by atoms with Crippen molar-refractivity contribution in [1.82, 2.24) is 0 Å². The highest BCUT2D eigenvalue weighted by atomic mass is 32.2. The second-order valence-corrected chi connectivity index (χ2v) is 7.10. The first-order valence-electron chi connectivity index (χ1n) is 8.54. The number of amides is 2. The summed E-state index contributed by atoms with van der Waals surface area (Å²) in [6.07, 6.45) is 0. The van der Waals surface area contributed by atoms with Gasteiger partial charge in [-0.25, -0.2) is 0 Å². The highest BCUT2D eigenvalue weighted by Gasteiger charge is 2.16. The van der Waals surface area contributed by atoms with Crippen LogP contribution >= 0.6 is 11.8 Å². The fraction of sp³-hybridized carbons (Fsp3) is 0.0909. The number of primary amides is 1. The lowest BCUT2D eigenvalue weighted by atomic mass is 10.0. The quantitative estimate of drug-likeness (QED) is 0.648. The van der Waals surface area contributed by atoms with Crippen LogP contribution in [-0.2, 0) is 4.79 Å². The molecule has 3 rings (SSSR count).